The van der Waals surface area contributed by atoms with Gasteiger partial charge in [0.25, 0.3) is 0 Å². The van der Waals surface area contributed by atoms with Gasteiger partial charge >= 0.3 is 11.8 Å². The minimum atomic E-state index is -0.777. The largest absolute Gasteiger partial charge is 0.495 e. The average Bonchev–Trinajstić information content (AvgIpc) is 2.53. The van der Waals surface area contributed by atoms with Crippen LogP contribution in [0, 0.1) is 6.92 Å². The molecule has 0 saturated heterocycles. The number of methoxy groups -OCH3 is 1. The molecule has 7 nitrogen and oxygen atoms in total. The Morgan fingerprint density at radius 1 is 1.13 bits per heavy atom. The number of ether oxygens (including phenoxy) is 3. The van der Waals surface area contributed by atoms with E-state index in [0.717, 1.165) is 5.56 Å². The van der Waals surface area contributed by atoms with Gasteiger partial charge in [-0.1, -0.05) is 6.07 Å². The molecule has 7 heteroatoms. The Labute approximate surface area is 136 Å². The molecular formula is C16H24N2O5. The zero-order valence-corrected chi connectivity index (χ0v) is 14.0. The Kier molecular flexibility index (Phi) is 8.07. The molecule has 0 heterocycles. The van der Waals surface area contributed by atoms with Crippen molar-refractivity contribution >= 4 is 17.5 Å². The average molecular weight is 324 g/mol. The number of benzene rings is 1. The molecule has 0 spiro atoms. The van der Waals surface area contributed by atoms with E-state index < -0.39 is 18.1 Å². The van der Waals surface area contributed by atoms with Gasteiger partial charge in [0, 0.05) is 13.2 Å². The summed E-state index contributed by atoms with van der Waals surface area (Å²) < 4.78 is 15.7. The second-order valence-corrected chi connectivity index (χ2v) is 4.71. The van der Waals surface area contributed by atoms with Gasteiger partial charge in [-0.05, 0) is 38.5 Å². The van der Waals surface area contributed by atoms with Crippen LogP contribution in [-0.4, -0.2) is 45.0 Å². The smallest absolute Gasteiger partial charge is 0.313 e. The van der Waals surface area contributed by atoms with Crippen LogP contribution in [0.25, 0.3) is 0 Å². The van der Waals surface area contributed by atoms with Gasteiger partial charge in [0.1, 0.15) is 5.75 Å². The van der Waals surface area contributed by atoms with Crippen LogP contribution in [0.15, 0.2) is 18.2 Å². The third-order valence-corrected chi connectivity index (χ3v) is 2.94. The SMILES string of the molecule is CCOC(CNC(=O)C(=O)Nc1cc(C)ccc1OC)OCC. The van der Waals surface area contributed by atoms with Crippen LogP contribution in [0.5, 0.6) is 5.75 Å². The van der Waals surface area contributed by atoms with Gasteiger partial charge in [0.15, 0.2) is 6.29 Å². The van der Waals surface area contributed by atoms with Gasteiger partial charge in [0.2, 0.25) is 0 Å². The lowest BCUT2D eigenvalue weighted by atomic mass is 10.2. The molecule has 1 rings (SSSR count). The lowest BCUT2D eigenvalue weighted by Crippen LogP contribution is -2.41. The predicted octanol–water partition coefficient (Wildman–Crippen LogP) is 1.46. The number of rotatable bonds is 8. The number of carbonyl (C=O) groups excluding carboxylic acids is 2. The highest BCUT2D eigenvalue weighted by atomic mass is 16.7. The van der Waals surface area contributed by atoms with Crippen LogP contribution in [0.1, 0.15) is 19.4 Å². The van der Waals surface area contributed by atoms with Crippen LogP contribution in [0.2, 0.25) is 0 Å². The summed E-state index contributed by atoms with van der Waals surface area (Å²) >= 11 is 0. The van der Waals surface area contributed by atoms with Crippen molar-refractivity contribution < 1.29 is 23.8 Å². The molecule has 0 fully saturated rings. The summed E-state index contributed by atoms with van der Waals surface area (Å²) in [5.41, 5.74) is 1.38. The molecule has 2 amide bonds. The van der Waals surface area contributed by atoms with Crippen molar-refractivity contribution in [3.05, 3.63) is 23.8 Å². The molecule has 0 aliphatic carbocycles. The van der Waals surface area contributed by atoms with Crippen LogP contribution in [-0.2, 0) is 19.1 Å². The number of hydrogen-bond donors (Lipinski definition) is 2. The third-order valence-electron chi connectivity index (χ3n) is 2.94. The van der Waals surface area contributed by atoms with E-state index >= 15 is 0 Å². The topological polar surface area (TPSA) is 85.9 Å². The van der Waals surface area contributed by atoms with Crippen LogP contribution >= 0.6 is 0 Å². The van der Waals surface area contributed by atoms with Crippen molar-refractivity contribution in [1.82, 2.24) is 5.32 Å². The Morgan fingerprint density at radius 2 is 1.78 bits per heavy atom. The second kappa shape index (κ2) is 9.81. The summed E-state index contributed by atoms with van der Waals surface area (Å²) in [5.74, 6) is -1.06. The molecule has 0 radical (unpaired) electrons. The first-order valence-corrected chi connectivity index (χ1v) is 7.48. The van der Waals surface area contributed by atoms with Crippen LogP contribution < -0.4 is 15.4 Å². The van der Waals surface area contributed by atoms with E-state index in [-0.39, 0.29) is 6.54 Å². The maximum atomic E-state index is 12.0. The van der Waals surface area contributed by atoms with Crippen molar-refractivity contribution in [2.24, 2.45) is 0 Å². The molecule has 23 heavy (non-hydrogen) atoms. The fourth-order valence-electron chi connectivity index (χ4n) is 1.89. The fraction of sp³-hybridized carbons (Fsp3) is 0.500. The molecule has 1 aromatic carbocycles. The van der Waals surface area contributed by atoms with Gasteiger partial charge in [-0.25, -0.2) is 0 Å². The van der Waals surface area contributed by atoms with E-state index in [4.69, 9.17) is 14.2 Å². The fourth-order valence-corrected chi connectivity index (χ4v) is 1.89. The van der Waals surface area contributed by atoms with Gasteiger partial charge in [-0.2, -0.15) is 0 Å². The number of amides is 2. The minimum Gasteiger partial charge on any atom is -0.495 e. The number of aryl methyl sites for hydroxylation is 1. The molecule has 0 saturated carbocycles. The lowest BCUT2D eigenvalue weighted by molar-refractivity contribution is -0.145. The lowest BCUT2D eigenvalue weighted by Gasteiger charge is -2.17. The van der Waals surface area contributed by atoms with E-state index in [1.54, 1.807) is 12.1 Å². The maximum absolute atomic E-state index is 12.0. The van der Waals surface area contributed by atoms with E-state index in [1.807, 2.05) is 26.8 Å². The van der Waals surface area contributed by atoms with Gasteiger partial charge in [-0.15, -0.1) is 0 Å². The number of hydrogen-bond acceptors (Lipinski definition) is 5. The number of carbonyl (C=O) groups is 2. The number of anilines is 1. The first kappa shape index (κ1) is 18.9. The summed E-state index contributed by atoms with van der Waals surface area (Å²) in [6, 6.07) is 5.31. The molecule has 0 aromatic heterocycles. The van der Waals surface area contributed by atoms with E-state index in [1.165, 1.54) is 7.11 Å². The van der Waals surface area contributed by atoms with Crippen molar-refractivity contribution in [2.75, 3.05) is 32.2 Å². The Balaban J connectivity index is 2.60. The Bertz CT molecular complexity index is 527. The monoisotopic (exact) mass is 324 g/mol. The van der Waals surface area contributed by atoms with E-state index in [9.17, 15) is 9.59 Å². The highest BCUT2D eigenvalue weighted by Crippen LogP contribution is 2.24. The molecule has 1 aromatic rings. The first-order valence-electron chi connectivity index (χ1n) is 7.48. The maximum Gasteiger partial charge on any atom is 0.313 e. The second-order valence-electron chi connectivity index (χ2n) is 4.71. The third kappa shape index (κ3) is 6.25. The summed E-state index contributed by atoms with van der Waals surface area (Å²) in [6.45, 7) is 6.53. The summed E-state index contributed by atoms with van der Waals surface area (Å²) in [4.78, 5) is 23.8. The standard InChI is InChI=1S/C16H24N2O5/c1-5-22-14(23-6-2)10-17-15(19)16(20)18-12-9-11(3)7-8-13(12)21-4/h7-9,14H,5-6,10H2,1-4H3,(H,17,19)(H,18,20). The quantitative estimate of drug-likeness (QED) is 0.558. The first-order chi connectivity index (χ1) is 11.0. The van der Waals surface area contributed by atoms with E-state index in [0.29, 0.717) is 24.7 Å². The zero-order chi connectivity index (χ0) is 17.2. The molecule has 0 aliphatic heterocycles. The summed E-state index contributed by atoms with van der Waals surface area (Å²) in [7, 11) is 1.50. The highest BCUT2D eigenvalue weighted by molar-refractivity contribution is 6.39. The van der Waals surface area contributed by atoms with Gasteiger partial charge in [0.05, 0.1) is 19.3 Å². The van der Waals surface area contributed by atoms with Crippen LogP contribution in [0.3, 0.4) is 0 Å². The molecule has 0 atom stereocenters. The Morgan fingerprint density at radius 3 is 2.35 bits per heavy atom. The predicted molar refractivity (Wildman–Crippen MR) is 86.4 cm³/mol. The van der Waals surface area contributed by atoms with Crippen molar-refractivity contribution in [2.45, 2.75) is 27.1 Å². The molecular weight excluding hydrogens is 300 g/mol. The zero-order valence-electron chi connectivity index (χ0n) is 14.0. The van der Waals surface area contributed by atoms with Crippen LogP contribution in [0.4, 0.5) is 5.69 Å². The van der Waals surface area contributed by atoms with Gasteiger partial charge in [-0.3, -0.25) is 9.59 Å². The normalized spacial score (nSPS) is 10.5. The molecule has 128 valence electrons. The Hall–Kier alpha value is -2.12. The minimum absolute atomic E-state index is 0.0961. The van der Waals surface area contributed by atoms with Crippen molar-refractivity contribution in [1.29, 1.82) is 0 Å². The molecule has 2 N–H and O–H groups in total. The molecule has 0 unspecified atom stereocenters. The highest BCUT2D eigenvalue weighted by Gasteiger charge is 2.18. The van der Waals surface area contributed by atoms with E-state index in [2.05, 4.69) is 10.6 Å². The molecule has 0 aliphatic rings. The van der Waals surface area contributed by atoms with Gasteiger partial charge < -0.3 is 24.8 Å². The molecule has 0 bridgehead atoms. The van der Waals surface area contributed by atoms with Crippen molar-refractivity contribution in [3.8, 4) is 5.75 Å². The summed E-state index contributed by atoms with van der Waals surface area (Å²) in [6.07, 6.45) is -0.574. The summed E-state index contributed by atoms with van der Waals surface area (Å²) in [5, 5.41) is 5.01. The number of nitrogens with one attached hydrogen (secondary N) is 2. The van der Waals surface area contributed by atoms with Crippen molar-refractivity contribution in [3.63, 3.8) is 0 Å².